The zero-order chi connectivity index (χ0) is 13.1. The average molecular weight is 249 g/mol. The first-order valence-electron chi connectivity index (χ1n) is 5.41. The Kier molecular flexibility index (Phi) is 3.47. The standard InChI is InChI=1S/C12H15N3O3/c1-15-11(9(17-2)7-14-15)12(16)8-4-5-10(18-3)13-6-8/h4-7,12,16H,1-3H3. The van der Waals surface area contributed by atoms with Crippen LogP contribution < -0.4 is 9.47 Å². The number of aliphatic hydroxyl groups is 1. The van der Waals surface area contributed by atoms with Gasteiger partial charge in [0.05, 0.1) is 20.4 Å². The van der Waals surface area contributed by atoms with Crippen molar-refractivity contribution in [3.05, 3.63) is 35.8 Å². The third-order valence-corrected chi connectivity index (χ3v) is 2.71. The van der Waals surface area contributed by atoms with Crippen LogP contribution in [0.3, 0.4) is 0 Å². The molecule has 0 amide bonds. The van der Waals surface area contributed by atoms with Crippen LogP contribution in [0.5, 0.6) is 11.6 Å². The molecule has 1 N–H and O–H groups in total. The van der Waals surface area contributed by atoms with E-state index in [1.165, 1.54) is 0 Å². The number of nitrogens with zero attached hydrogens (tertiary/aromatic N) is 3. The number of aliphatic hydroxyl groups excluding tert-OH is 1. The van der Waals surface area contributed by atoms with Gasteiger partial charge in [-0.2, -0.15) is 5.10 Å². The molecule has 0 aromatic carbocycles. The van der Waals surface area contributed by atoms with Crippen molar-refractivity contribution < 1.29 is 14.6 Å². The maximum atomic E-state index is 10.3. The normalized spacial score (nSPS) is 12.2. The molecule has 0 fully saturated rings. The maximum Gasteiger partial charge on any atom is 0.212 e. The number of hydrogen-bond donors (Lipinski definition) is 1. The minimum atomic E-state index is -0.842. The van der Waals surface area contributed by atoms with Crippen molar-refractivity contribution in [3.63, 3.8) is 0 Å². The summed E-state index contributed by atoms with van der Waals surface area (Å²) >= 11 is 0. The Morgan fingerprint density at radius 3 is 2.56 bits per heavy atom. The SMILES string of the molecule is COc1ccc(C(O)c2c(OC)cnn2C)cn1. The Labute approximate surface area is 105 Å². The van der Waals surface area contributed by atoms with E-state index in [-0.39, 0.29) is 0 Å². The first-order chi connectivity index (χ1) is 8.67. The quantitative estimate of drug-likeness (QED) is 0.872. The second kappa shape index (κ2) is 5.05. The fourth-order valence-electron chi connectivity index (χ4n) is 1.73. The third-order valence-electron chi connectivity index (χ3n) is 2.71. The Bertz CT molecular complexity index is 522. The molecule has 0 saturated heterocycles. The zero-order valence-electron chi connectivity index (χ0n) is 10.5. The van der Waals surface area contributed by atoms with Gasteiger partial charge in [0.1, 0.15) is 11.8 Å². The van der Waals surface area contributed by atoms with E-state index < -0.39 is 6.10 Å². The van der Waals surface area contributed by atoms with Gasteiger partial charge in [0.25, 0.3) is 0 Å². The fourth-order valence-corrected chi connectivity index (χ4v) is 1.73. The number of hydrogen-bond acceptors (Lipinski definition) is 5. The van der Waals surface area contributed by atoms with Gasteiger partial charge < -0.3 is 14.6 Å². The van der Waals surface area contributed by atoms with Gasteiger partial charge >= 0.3 is 0 Å². The lowest BCUT2D eigenvalue weighted by Gasteiger charge is -2.13. The van der Waals surface area contributed by atoms with Crippen LogP contribution in [0.2, 0.25) is 0 Å². The molecular weight excluding hydrogens is 234 g/mol. The molecule has 0 bridgehead atoms. The number of aromatic nitrogens is 3. The van der Waals surface area contributed by atoms with E-state index in [1.807, 2.05) is 0 Å². The summed E-state index contributed by atoms with van der Waals surface area (Å²) < 4.78 is 11.7. The molecule has 0 spiro atoms. The molecule has 2 rings (SSSR count). The maximum absolute atomic E-state index is 10.3. The van der Waals surface area contributed by atoms with E-state index in [0.29, 0.717) is 22.9 Å². The predicted octanol–water partition coefficient (Wildman–Crippen LogP) is 0.914. The summed E-state index contributed by atoms with van der Waals surface area (Å²) in [5, 5.41) is 14.4. The smallest absolute Gasteiger partial charge is 0.212 e. The van der Waals surface area contributed by atoms with Gasteiger partial charge in [-0.15, -0.1) is 0 Å². The summed E-state index contributed by atoms with van der Waals surface area (Å²) in [5.41, 5.74) is 1.24. The highest BCUT2D eigenvalue weighted by Crippen LogP contribution is 2.29. The summed E-state index contributed by atoms with van der Waals surface area (Å²) in [4.78, 5) is 4.06. The summed E-state index contributed by atoms with van der Waals surface area (Å²) in [6.07, 6.45) is 2.29. The van der Waals surface area contributed by atoms with Gasteiger partial charge in [-0.3, -0.25) is 4.68 Å². The van der Waals surface area contributed by atoms with Crippen LogP contribution in [0.25, 0.3) is 0 Å². The molecule has 1 unspecified atom stereocenters. The van der Waals surface area contributed by atoms with E-state index >= 15 is 0 Å². The van der Waals surface area contributed by atoms with Crippen molar-refractivity contribution in [2.75, 3.05) is 14.2 Å². The minimum absolute atomic E-state index is 0.503. The summed E-state index contributed by atoms with van der Waals surface area (Å²) in [6, 6.07) is 3.45. The van der Waals surface area contributed by atoms with Crippen molar-refractivity contribution >= 4 is 0 Å². The molecule has 6 nitrogen and oxygen atoms in total. The molecule has 0 saturated carbocycles. The largest absolute Gasteiger partial charge is 0.493 e. The Morgan fingerprint density at radius 1 is 1.22 bits per heavy atom. The highest BCUT2D eigenvalue weighted by molar-refractivity contribution is 5.34. The summed E-state index contributed by atoms with van der Waals surface area (Å²) in [7, 11) is 4.83. The molecule has 96 valence electrons. The Balaban J connectivity index is 2.34. The lowest BCUT2D eigenvalue weighted by molar-refractivity contribution is 0.203. The zero-order valence-corrected chi connectivity index (χ0v) is 10.5. The first-order valence-corrected chi connectivity index (χ1v) is 5.41. The van der Waals surface area contributed by atoms with Crippen molar-refractivity contribution in [2.45, 2.75) is 6.10 Å². The monoisotopic (exact) mass is 249 g/mol. The number of rotatable bonds is 4. The second-order valence-electron chi connectivity index (χ2n) is 3.76. The molecule has 18 heavy (non-hydrogen) atoms. The molecule has 0 aliphatic rings. The van der Waals surface area contributed by atoms with Crippen molar-refractivity contribution in [3.8, 4) is 11.6 Å². The summed E-state index contributed by atoms with van der Waals surface area (Å²) in [6.45, 7) is 0. The van der Waals surface area contributed by atoms with Gasteiger partial charge in [-0.1, -0.05) is 0 Å². The Hall–Kier alpha value is -2.08. The molecule has 2 aromatic rings. The molecule has 6 heteroatoms. The Morgan fingerprint density at radius 2 is 2.00 bits per heavy atom. The van der Waals surface area contributed by atoms with Gasteiger partial charge in [0.2, 0.25) is 5.88 Å². The van der Waals surface area contributed by atoms with Crippen LogP contribution in [0.15, 0.2) is 24.5 Å². The molecule has 2 heterocycles. The number of pyridine rings is 1. The van der Waals surface area contributed by atoms with E-state index in [0.717, 1.165) is 0 Å². The van der Waals surface area contributed by atoms with Crippen LogP contribution in [0.4, 0.5) is 0 Å². The van der Waals surface area contributed by atoms with Crippen LogP contribution in [0, 0.1) is 0 Å². The average Bonchev–Trinajstić information content (AvgIpc) is 2.79. The van der Waals surface area contributed by atoms with Gasteiger partial charge in [-0.25, -0.2) is 4.98 Å². The molecule has 2 aromatic heterocycles. The first kappa shape index (κ1) is 12.4. The van der Waals surface area contributed by atoms with E-state index in [4.69, 9.17) is 9.47 Å². The minimum Gasteiger partial charge on any atom is -0.493 e. The van der Waals surface area contributed by atoms with Gasteiger partial charge in [0.15, 0.2) is 5.75 Å². The van der Waals surface area contributed by atoms with Crippen LogP contribution in [0.1, 0.15) is 17.4 Å². The van der Waals surface area contributed by atoms with Gasteiger partial charge in [-0.05, 0) is 6.07 Å². The van der Waals surface area contributed by atoms with Crippen LogP contribution in [-0.4, -0.2) is 34.1 Å². The van der Waals surface area contributed by atoms with Crippen molar-refractivity contribution in [2.24, 2.45) is 7.05 Å². The highest BCUT2D eigenvalue weighted by atomic mass is 16.5. The van der Waals surface area contributed by atoms with E-state index in [9.17, 15) is 5.11 Å². The van der Waals surface area contributed by atoms with Gasteiger partial charge in [0, 0.05) is 24.9 Å². The van der Waals surface area contributed by atoms with E-state index in [1.54, 1.807) is 50.5 Å². The molecule has 1 atom stereocenters. The van der Waals surface area contributed by atoms with Crippen LogP contribution >= 0.6 is 0 Å². The molecule has 0 radical (unpaired) electrons. The van der Waals surface area contributed by atoms with E-state index in [2.05, 4.69) is 10.1 Å². The topological polar surface area (TPSA) is 69.4 Å². The highest BCUT2D eigenvalue weighted by Gasteiger charge is 2.20. The third kappa shape index (κ3) is 2.14. The fraction of sp³-hybridized carbons (Fsp3) is 0.333. The lowest BCUT2D eigenvalue weighted by Crippen LogP contribution is -2.08. The van der Waals surface area contributed by atoms with Crippen molar-refractivity contribution in [1.82, 2.24) is 14.8 Å². The molecule has 0 aliphatic heterocycles. The lowest BCUT2D eigenvalue weighted by atomic mass is 10.1. The summed E-state index contributed by atoms with van der Waals surface area (Å²) in [5.74, 6) is 1.05. The van der Waals surface area contributed by atoms with Crippen molar-refractivity contribution in [1.29, 1.82) is 0 Å². The molecule has 0 aliphatic carbocycles. The molecular formula is C12H15N3O3. The number of ether oxygens (including phenoxy) is 2. The number of methoxy groups -OCH3 is 2. The number of aryl methyl sites for hydroxylation is 1. The van der Waals surface area contributed by atoms with Crippen LogP contribution in [-0.2, 0) is 7.05 Å². The second-order valence-corrected chi connectivity index (χ2v) is 3.76. The predicted molar refractivity (Wildman–Crippen MR) is 64.6 cm³/mol.